The van der Waals surface area contributed by atoms with E-state index in [0.717, 1.165) is 11.8 Å². The molecule has 2 heterocycles. The van der Waals surface area contributed by atoms with Gasteiger partial charge in [-0.15, -0.1) is 0 Å². The van der Waals surface area contributed by atoms with Crippen molar-refractivity contribution in [2.75, 3.05) is 27.2 Å². The molecule has 1 amide bonds. The first-order chi connectivity index (χ1) is 11.9. The van der Waals surface area contributed by atoms with Gasteiger partial charge in [0.15, 0.2) is 11.5 Å². The van der Waals surface area contributed by atoms with E-state index in [1.54, 1.807) is 4.90 Å². The molecule has 1 saturated heterocycles. The lowest BCUT2D eigenvalue weighted by Gasteiger charge is -2.25. The van der Waals surface area contributed by atoms with Crippen molar-refractivity contribution >= 4 is 5.91 Å². The fourth-order valence-electron chi connectivity index (χ4n) is 3.34. The Labute approximate surface area is 146 Å². The van der Waals surface area contributed by atoms with E-state index < -0.39 is 17.5 Å². The number of amides is 1. The number of halogens is 2. The molecule has 0 saturated carbocycles. The summed E-state index contributed by atoms with van der Waals surface area (Å²) >= 11 is 0. The lowest BCUT2D eigenvalue weighted by atomic mass is 9.93. The summed E-state index contributed by atoms with van der Waals surface area (Å²) in [4.78, 5) is 20.0. The average molecular weight is 345 g/mol. The number of aryl methyl sites for hydroxylation is 1. The second kappa shape index (κ2) is 6.88. The SMILES string of the molecule is Cc1ccc(C2CN(C(=O)c3ncc(F)cc3F)CC2N(C)C)cc1. The Bertz CT molecular complexity index is 777. The van der Waals surface area contributed by atoms with E-state index >= 15 is 0 Å². The smallest absolute Gasteiger partial charge is 0.275 e. The summed E-state index contributed by atoms with van der Waals surface area (Å²) in [5, 5.41) is 0. The first-order valence-corrected chi connectivity index (χ1v) is 8.20. The summed E-state index contributed by atoms with van der Waals surface area (Å²) in [6.45, 7) is 2.98. The van der Waals surface area contributed by atoms with Crippen LogP contribution in [0.15, 0.2) is 36.5 Å². The van der Waals surface area contributed by atoms with Crippen molar-refractivity contribution in [3.05, 3.63) is 65.0 Å². The van der Waals surface area contributed by atoms with E-state index in [0.29, 0.717) is 19.2 Å². The summed E-state index contributed by atoms with van der Waals surface area (Å²) in [5.74, 6) is -2.09. The van der Waals surface area contributed by atoms with Crippen LogP contribution in [0, 0.1) is 18.6 Å². The van der Waals surface area contributed by atoms with Gasteiger partial charge in [-0.1, -0.05) is 29.8 Å². The molecule has 0 radical (unpaired) electrons. The summed E-state index contributed by atoms with van der Waals surface area (Å²) in [5.41, 5.74) is 1.99. The molecule has 1 aromatic heterocycles. The number of likely N-dealkylation sites (tertiary alicyclic amines) is 1. The molecule has 25 heavy (non-hydrogen) atoms. The maximum atomic E-state index is 13.9. The van der Waals surface area contributed by atoms with Crippen molar-refractivity contribution in [1.29, 1.82) is 0 Å². The summed E-state index contributed by atoms with van der Waals surface area (Å²) < 4.78 is 27.0. The molecule has 1 aromatic carbocycles. The maximum absolute atomic E-state index is 13.9. The molecule has 2 unspecified atom stereocenters. The molecule has 1 aliphatic heterocycles. The monoisotopic (exact) mass is 345 g/mol. The van der Waals surface area contributed by atoms with Gasteiger partial charge in [-0.05, 0) is 26.6 Å². The zero-order valence-corrected chi connectivity index (χ0v) is 14.5. The summed E-state index contributed by atoms with van der Waals surface area (Å²) in [7, 11) is 3.94. The van der Waals surface area contributed by atoms with Crippen LogP contribution in [0.2, 0.25) is 0 Å². The molecule has 2 aromatic rings. The predicted molar refractivity (Wildman–Crippen MR) is 91.5 cm³/mol. The van der Waals surface area contributed by atoms with Gasteiger partial charge in [-0.25, -0.2) is 13.8 Å². The first kappa shape index (κ1) is 17.5. The fourth-order valence-corrected chi connectivity index (χ4v) is 3.34. The molecule has 0 spiro atoms. The van der Waals surface area contributed by atoms with Crippen LogP contribution in [0.25, 0.3) is 0 Å². The number of benzene rings is 1. The van der Waals surface area contributed by atoms with Crippen LogP contribution in [-0.4, -0.2) is 53.9 Å². The van der Waals surface area contributed by atoms with Crippen molar-refractivity contribution in [3.63, 3.8) is 0 Å². The quantitative estimate of drug-likeness (QED) is 0.858. The van der Waals surface area contributed by atoms with E-state index in [1.165, 1.54) is 5.56 Å². The standard InChI is InChI=1S/C19H21F2N3O/c1-12-4-6-13(7-5-12)15-10-24(11-17(15)23(2)3)19(25)18-16(21)8-14(20)9-22-18/h4-9,15,17H,10-11H2,1-3H3. The largest absolute Gasteiger partial charge is 0.335 e. The van der Waals surface area contributed by atoms with Crippen molar-refractivity contribution in [2.45, 2.75) is 18.9 Å². The van der Waals surface area contributed by atoms with Gasteiger partial charge >= 0.3 is 0 Å². The van der Waals surface area contributed by atoms with Crippen molar-refractivity contribution in [3.8, 4) is 0 Å². The Morgan fingerprint density at radius 3 is 2.48 bits per heavy atom. The van der Waals surface area contributed by atoms with E-state index in [2.05, 4.69) is 22.0 Å². The van der Waals surface area contributed by atoms with Gasteiger partial charge in [0.25, 0.3) is 5.91 Å². The van der Waals surface area contributed by atoms with E-state index in [4.69, 9.17) is 0 Å². The van der Waals surface area contributed by atoms with Crippen molar-refractivity contribution in [1.82, 2.24) is 14.8 Å². The highest BCUT2D eigenvalue weighted by atomic mass is 19.1. The molecule has 132 valence electrons. The number of hydrogen-bond acceptors (Lipinski definition) is 3. The van der Waals surface area contributed by atoms with Gasteiger partial charge in [0.2, 0.25) is 0 Å². The van der Waals surface area contributed by atoms with Gasteiger partial charge in [0.05, 0.1) is 6.20 Å². The van der Waals surface area contributed by atoms with Gasteiger partial charge in [0, 0.05) is 31.1 Å². The topological polar surface area (TPSA) is 36.4 Å². The second-order valence-corrected chi connectivity index (χ2v) is 6.74. The number of nitrogens with zero attached hydrogens (tertiary/aromatic N) is 3. The zero-order valence-electron chi connectivity index (χ0n) is 14.5. The van der Waals surface area contributed by atoms with Gasteiger partial charge in [-0.3, -0.25) is 4.79 Å². The van der Waals surface area contributed by atoms with Gasteiger partial charge in [-0.2, -0.15) is 0 Å². The highest BCUT2D eigenvalue weighted by Gasteiger charge is 2.38. The third-order valence-corrected chi connectivity index (χ3v) is 4.76. The van der Waals surface area contributed by atoms with Crippen LogP contribution < -0.4 is 0 Å². The van der Waals surface area contributed by atoms with E-state index in [-0.39, 0.29) is 17.7 Å². The van der Waals surface area contributed by atoms with Crippen LogP contribution in [0.3, 0.4) is 0 Å². The van der Waals surface area contributed by atoms with Crippen LogP contribution >= 0.6 is 0 Å². The third kappa shape index (κ3) is 3.54. The Morgan fingerprint density at radius 2 is 1.88 bits per heavy atom. The molecular weight excluding hydrogens is 324 g/mol. The third-order valence-electron chi connectivity index (χ3n) is 4.76. The Balaban J connectivity index is 1.86. The Kier molecular flexibility index (Phi) is 4.81. The molecule has 0 aliphatic carbocycles. The number of likely N-dealkylation sites (N-methyl/N-ethyl adjacent to an activating group) is 1. The minimum atomic E-state index is -0.926. The molecule has 4 nitrogen and oxygen atoms in total. The Morgan fingerprint density at radius 1 is 1.20 bits per heavy atom. The first-order valence-electron chi connectivity index (χ1n) is 8.20. The van der Waals surface area contributed by atoms with Gasteiger partial charge < -0.3 is 9.80 Å². The van der Waals surface area contributed by atoms with Crippen molar-refractivity contribution < 1.29 is 13.6 Å². The minimum absolute atomic E-state index is 0.121. The molecule has 2 atom stereocenters. The molecule has 1 fully saturated rings. The highest BCUT2D eigenvalue weighted by molar-refractivity contribution is 5.92. The number of pyridine rings is 1. The van der Waals surface area contributed by atoms with Crippen LogP contribution in [0.5, 0.6) is 0 Å². The van der Waals surface area contributed by atoms with Crippen LogP contribution in [0.1, 0.15) is 27.5 Å². The lowest BCUT2D eigenvalue weighted by molar-refractivity contribution is 0.0771. The van der Waals surface area contributed by atoms with E-state index in [9.17, 15) is 13.6 Å². The second-order valence-electron chi connectivity index (χ2n) is 6.74. The summed E-state index contributed by atoms with van der Waals surface area (Å²) in [6, 6.07) is 9.05. The maximum Gasteiger partial charge on any atom is 0.275 e. The number of hydrogen-bond donors (Lipinski definition) is 0. The Hall–Kier alpha value is -2.34. The fraction of sp³-hybridized carbons (Fsp3) is 0.368. The molecule has 0 bridgehead atoms. The zero-order chi connectivity index (χ0) is 18.1. The predicted octanol–water partition coefficient (Wildman–Crippen LogP) is 2.84. The van der Waals surface area contributed by atoms with Crippen molar-refractivity contribution in [2.24, 2.45) is 0 Å². The highest BCUT2D eigenvalue weighted by Crippen LogP contribution is 2.31. The number of carbonyl (C=O) groups is 1. The molecular formula is C19H21F2N3O. The number of rotatable bonds is 3. The van der Waals surface area contributed by atoms with E-state index in [1.807, 2.05) is 33.2 Å². The normalized spacial score (nSPS) is 20.3. The molecule has 0 N–H and O–H groups in total. The molecule has 3 rings (SSSR count). The van der Waals surface area contributed by atoms with Gasteiger partial charge in [0.1, 0.15) is 5.82 Å². The summed E-state index contributed by atoms with van der Waals surface area (Å²) in [6.07, 6.45) is 0.868. The van der Waals surface area contributed by atoms with Crippen LogP contribution in [-0.2, 0) is 0 Å². The number of aromatic nitrogens is 1. The lowest BCUT2D eigenvalue weighted by Crippen LogP contribution is -2.36. The minimum Gasteiger partial charge on any atom is -0.335 e. The number of carbonyl (C=O) groups excluding carboxylic acids is 1. The van der Waals surface area contributed by atoms with Crippen LogP contribution in [0.4, 0.5) is 8.78 Å². The molecule has 1 aliphatic rings. The average Bonchev–Trinajstić information content (AvgIpc) is 3.00. The molecule has 6 heteroatoms.